The topological polar surface area (TPSA) is 38.0 Å². The molecule has 1 aromatic heterocycles. The summed E-state index contributed by atoms with van der Waals surface area (Å²) in [6.07, 6.45) is 0. The van der Waals surface area contributed by atoms with Crippen LogP contribution in [0.1, 0.15) is 37.6 Å². The van der Waals surface area contributed by atoms with E-state index in [1.807, 2.05) is 41.1 Å². The molecule has 1 heterocycles. The van der Waals surface area contributed by atoms with Crippen molar-refractivity contribution >= 4 is 0 Å². The van der Waals surface area contributed by atoms with Gasteiger partial charge in [0.25, 0.3) is 0 Å². The summed E-state index contributed by atoms with van der Waals surface area (Å²) in [6, 6.07) is 16.3. The van der Waals surface area contributed by atoms with E-state index in [0.717, 1.165) is 16.9 Å². The number of hydrogen-bond donors (Lipinski definition) is 1. The lowest BCUT2D eigenvalue weighted by Crippen LogP contribution is -2.17. The van der Waals surface area contributed by atoms with Crippen LogP contribution >= 0.6 is 0 Å². The lowest BCUT2D eigenvalue weighted by Gasteiger charge is -2.20. The van der Waals surface area contributed by atoms with Crippen LogP contribution in [-0.2, 0) is 5.41 Å². The van der Waals surface area contributed by atoms with Crippen molar-refractivity contribution < 1.29 is 5.11 Å². The SMILES string of the molecule is Cc1ccc(-c2nn(-c3ccc(C)cc3)c(C(C)(C)C)c2O)cc1. The molecule has 0 bridgehead atoms. The van der Waals surface area contributed by atoms with E-state index < -0.39 is 0 Å². The van der Waals surface area contributed by atoms with E-state index in [4.69, 9.17) is 5.10 Å². The smallest absolute Gasteiger partial charge is 0.166 e. The fourth-order valence-electron chi connectivity index (χ4n) is 2.86. The Morgan fingerprint density at radius 1 is 0.833 bits per heavy atom. The van der Waals surface area contributed by atoms with Crippen LogP contribution in [0.3, 0.4) is 0 Å². The van der Waals surface area contributed by atoms with Crippen molar-refractivity contribution in [1.29, 1.82) is 0 Å². The molecule has 3 rings (SSSR count). The predicted molar refractivity (Wildman–Crippen MR) is 98.8 cm³/mol. The van der Waals surface area contributed by atoms with Gasteiger partial charge in [0.2, 0.25) is 0 Å². The summed E-state index contributed by atoms with van der Waals surface area (Å²) in [5.41, 5.74) is 5.49. The molecule has 3 heteroatoms. The van der Waals surface area contributed by atoms with Crippen molar-refractivity contribution in [3.8, 4) is 22.7 Å². The van der Waals surface area contributed by atoms with Gasteiger partial charge in [-0.25, -0.2) is 4.68 Å². The Labute approximate surface area is 143 Å². The fourth-order valence-corrected chi connectivity index (χ4v) is 2.86. The van der Waals surface area contributed by atoms with Crippen LogP contribution in [0.15, 0.2) is 48.5 Å². The minimum Gasteiger partial charge on any atom is -0.504 e. The summed E-state index contributed by atoms with van der Waals surface area (Å²) in [4.78, 5) is 0. The van der Waals surface area contributed by atoms with Crippen molar-refractivity contribution in [2.75, 3.05) is 0 Å². The van der Waals surface area contributed by atoms with E-state index in [1.54, 1.807) is 0 Å². The highest BCUT2D eigenvalue weighted by Crippen LogP contribution is 2.39. The first-order chi connectivity index (χ1) is 11.3. The summed E-state index contributed by atoms with van der Waals surface area (Å²) in [6.45, 7) is 10.4. The van der Waals surface area contributed by atoms with E-state index in [-0.39, 0.29) is 11.2 Å². The maximum absolute atomic E-state index is 10.9. The van der Waals surface area contributed by atoms with Crippen LogP contribution in [0.4, 0.5) is 0 Å². The summed E-state index contributed by atoms with van der Waals surface area (Å²) in [7, 11) is 0. The van der Waals surface area contributed by atoms with E-state index in [9.17, 15) is 5.11 Å². The van der Waals surface area contributed by atoms with Crippen LogP contribution in [0, 0.1) is 13.8 Å². The fraction of sp³-hybridized carbons (Fsp3) is 0.286. The highest BCUT2D eigenvalue weighted by molar-refractivity contribution is 5.69. The molecule has 0 saturated heterocycles. The van der Waals surface area contributed by atoms with Crippen LogP contribution < -0.4 is 0 Å². The number of aromatic hydroxyl groups is 1. The zero-order chi connectivity index (χ0) is 17.5. The summed E-state index contributed by atoms with van der Waals surface area (Å²) >= 11 is 0. The maximum Gasteiger partial charge on any atom is 0.166 e. The van der Waals surface area contributed by atoms with Crippen molar-refractivity contribution in [1.82, 2.24) is 9.78 Å². The number of benzene rings is 2. The molecule has 0 aliphatic rings. The molecule has 0 spiro atoms. The maximum atomic E-state index is 10.9. The second-order valence-electron chi connectivity index (χ2n) is 7.41. The number of nitrogens with zero attached hydrogens (tertiary/aromatic N) is 2. The van der Waals surface area contributed by atoms with Crippen LogP contribution in [0.5, 0.6) is 5.75 Å². The van der Waals surface area contributed by atoms with Gasteiger partial charge in [0, 0.05) is 11.0 Å². The van der Waals surface area contributed by atoms with Gasteiger partial charge in [-0.05, 0) is 26.0 Å². The van der Waals surface area contributed by atoms with E-state index in [1.165, 1.54) is 11.1 Å². The molecule has 124 valence electrons. The quantitative estimate of drug-likeness (QED) is 0.708. The first kappa shape index (κ1) is 16.3. The Morgan fingerprint density at radius 2 is 1.33 bits per heavy atom. The first-order valence-electron chi connectivity index (χ1n) is 8.24. The Morgan fingerprint density at radius 3 is 1.83 bits per heavy atom. The van der Waals surface area contributed by atoms with Gasteiger partial charge in [0.05, 0.1) is 11.4 Å². The Bertz CT molecular complexity index is 851. The normalized spacial score (nSPS) is 11.7. The number of hydrogen-bond acceptors (Lipinski definition) is 2. The van der Waals surface area contributed by atoms with Gasteiger partial charge in [-0.2, -0.15) is 5.10 Å². The summed E-state index contributed by atoms with van der Waals surface area (Å²) in [5.74, 6) is 0.256. The molecule has 3 nitrogen and oxygen atoms in total. The van der Waals surface area contributed by atoms with Gasteiger partial charge in [-0.15, -0.1) is 0 Å². The van der Waals surface area contributed by atoms with Crippen molar-refractivity contribution in [3.63, 3.8) is 0 Å². The number of aromatic nitrogens is 2. The molecule has 0 amide bonds. The minimum atomic E-state index is -0.231. The molecule has 0 saturated carbocycles. The summed E-state index contributed by atoms with van der Waals surface area (Å²) < 4.78 is 1.87. The molecular weight excluding hydrogens is 296 g/mol. The van der Waals surface area contributed by atoms with Gasteiger partial charge in [-0.1, -0.05) is 68.3 Å². The number of rotatable bonds is 2. The minimum absolute atomic E-state index is 0.231. The molecular formula is C21H24N2O. The molecule has 1 N–H and O–H groups in total. The van der Waals surface area contributed by atoms with E-state index in [2.05, 4.69) is 46.8 Å². The lowest BCUT2D eigenvalue weighted by atomic mass is 9.90. The van der Waals surface area contributed by atoms with Crippen LogP contribution in [-0.4, -0.2) is 14.9 Å². The third-order valence-corrected chi connectivity index (χ3v) is 4.17. The monoisotopic (exact) mass is 320 g/mol. The van der Waals surface area contributed by atoms with E-state index >= 15 is 0 Å². The lowest BCUT2D eigenvalue weighted by molar-refractivity contribution is 0.440. The van der Waals surface area contributed by atoms with E-state index in [0.29, 0.717) is 5.69 Å². The highest BCUT2D eigenvalue weighted by atomic mass is 16.3. The van der Waals surface area contributed by atoms with Gasteiger partial charge in [0.1, 0.15) is 5.69 Å². The average molecular weight is 320 g/mol. The molecule has 24 heavy (non-hydrogen) atoms. The average Bonchev–Trinajstić information content (AvgIpc) is 2.86. The Hall–Kier alpha value is -2.55. The molecule has 0 aliphatic carbocycles. The third-order valence-electron chi connectivity index (χ3n) is 4.17. The molecule has 2 aromatic carbocycles. The van der Waals surface area contributed by atoms with Crippen molar-refractivity contribution in [3.05, 3.63) is 65.4 Å². The van der Waals surface area contributed by atoms with Crippen molar-refractivity contribution in [2.45, 2.75) is 40.0 Å². The standard InChI is InChI=1S/C21H24N2O/c1-14-6-10-16(11-7-14)18-19(24)20(21(3,4)5)23(22-18)17-12-8-15(2)9-13-17/h6-13,24H,1-5H3. The largest absolute Gasteiger partial charge is 0.504 e. The molecule has 0 atom stereocenters. The second kappa shape index (κ2) is 5.82. The number of aryl methyl sites for hydroxylation is 2. The highest BCUT2D eigenvalue weighted by Gasteiger charge is 2.28. The molecule has 0 radical (unpaired) electrons. The van der Waals surface area contributed by atoms with Crippen LogP contribution in [0.25, 0.3) is 16.9 Å². The third kappa shape index (κ3) is 2.94. The van der Waals surface area contributed by atoms with Crippen LogP contribution in [0.2, 0.25) is 0 Å². The van der Waals surface area contributed by atoms with Gasteiger partial charge < -0.3 is 5.11 Å². The predicted octanol–water partition coefficient (Wildman–Crippen LogP) is 5.16. The zero-order valence-electron chi connectivity index (χ0n) is 15.0. The molecule has 0 fully saturated rings. The second-order valence-corrected chi connectivity index (χ2v) is 7.41. The van der Waals surface area contributed by atoms with Gasteiger partial charge in [-0.3, -0.25) is 0 Å². The first-order valence-corrected chi connectivity index (χ1v) is 8.24. The molecule has 3 aromatic rings. The van der Waals surface area contributed by atoms with Gasteiger partial charge >= 0.3 is 0 Å². The van der Waals surface area contributed by atoms with Crippen molar-refractivity contribution in [2.24, 2.45) is 0 Å². The Balaban J connectivity index is 2.23. The summed E-state index contributed by atoms with van der Waals surface area (Å²) in [5, 5.41) is 15.6. The zero-order valence-corrected chi connectivity index (χ0v) is 15.0. The van der Waals surface area contributed by atoms with Gasteiger partial charge in [0.15, 0.2) is 5.75 Å². The molecule has 0 unspecified atom stereocenters. The molecule has 0 aliphatic heterocycles. The Kier molecular flexibility index (Phi) is 3.96.